The number of nitrogens with one attached hydrogen (secondary N) is 1. The van der Waals surface area contributed by atoms with Crippen molar-refractivity contribution in [3.05, 3.63) is 77.9 Å². The first-order chi connectivity index (χ1) is 14.5. The highest BCUT2D eigenvalue weighted by molar-refractivity contribution is 6.04. The Labute approximate surface area is 175 Å². The third-order valence-corrected chi connectivity index (χ3v) is 5.64. The number of anilines is 1. The zero-order chi connectivity index (χ0) is 21.1. The predicted molar refractivity (Wildman–Crippen MR) is 113 cm³/mol. The molecular formula is C24H22N4O2. The van der Waals surface area contributed by atoms with Gasteiger partial charge in [0.15, 0.2) is 0 Å². The molecule has 1 amide bonds. The van der Waals surface area contributed by atoms with Crippen LogP contribution in [0.2, 0.25) is 0 Å². The smallest absolute Gasteiger partial charge is 0.257 e. The largest absolute Gasteiger partial charge is 0.323 e. The van der Waals surface area contributed by atoms with Gasteiger partial charge in [0.1, 0.15) is 11.2 Å². The molecule has 0 atom stereocenters. The molecule has 0 spiro atoms. The Bertz CT molecular complexity index is 1130. The summed E-state index contributed by atoms with van der Waals surface area (Å²) in [4.78, 5) is 28.6. The minimum absolute atomic E-state index is 0.197. The van der Waals surface area contributed by atoms with E-state index in [1.165, 1.54) is 0 Å². The first kappa shape index (κ1) is 19.6. The number of Topliss-reactive ketones (excluding diaryl/α,β-unsaturated/α-hetero) is 1. The quantitative estimate of drug-likeness (QED) is 0.708. The summed E-state index contributed by atoms with van der Waals surface area (Å²) in [6.45, 7) is 2.03. The summed E-state index contributed by atoms with van der Waals surface area (Å²) in [6, 6.07) is 15.7. The molecule has 0 aliphatic heterocycles. The third-order valence-electron chi connectivity index (χ3n) is 5.64. The van der Waals surface area contributed by atoms with Crippen LogP contribution >= 0.6 is 0 Å². The molecule has 6 nitrogen and oxygen atoms in total. The molecule has 1 aliphatic carbocycles. The monoisotopic (exact) mass is 398 g/mol. The lowest BCUT2D eigenvalue weighted by Crippen LogP contribution is -2.31. The fourth-order valence-electron chi connectivity index (χ4n) is 3.81. The Kier molecular flexibility index (Phi) is 5.20. The number of carbonyl (C=O) groups excluding carboxylic acids is 2. The molecule has 2 aromatic heterocycles. The molecule has 6 heteroatoms. The first-order valence-electron chi connectivity index (χ1n) is 9.95. The first-order valence-corrected chi connectivity index (χ1v) is 9.95. The van der Waals surface area contributed by atoms with Crippen LogP contribution in [0.1, 0.15) is 47.3 Å². The lowest BCUT2D eigenvalue weighted by atomic mass is 9.72. The van der Waals surface area contributed by atoms with Crippen molar-refractivity contribution in [3.8, 4) is 11.8 Å². The lowest BCUT2D eigenvalue weighted by Gasteiger charge is -2.29. The normalized spacial score (nSPS) is 15.4. The van der Waals surface area contributed by atoms with Crippen molar-refractivity contribution in [2.75, 3.05) is 5.32 Å². The molecule has 150 valence electrons. The van der Waals surface area contributed by atoms with Gasteiger partial charge < -0.3 is 9.88 Å². The van der Waals surface area contributed by atoms with Crippen molar-refractivity contribution in [1.82, 2.24) is 9.55 Å². The Hall–Kier alpha value is -3.72. The fourth-order valence-corrected chi connectivity index (χ4v) is 3.81. The topological polar surface area (TPSA) is 87.8 Å². The number of aryl methyl sites for hydroxylation is 1. The minimum atomic E-state index is -0.721. The van der Waals surface area contributed by atoms with Crippen LogP contribution in [0.5, 0.6) is 0 Å². The van der Waals surface area contributed by atoms with E-state index in [-0.39, 0.29) is 11.7 Å². The Balaban J connectivity index is 1.47. The van der Waals surface area contributed by atoms with Gasteiger partial charge in [0.05, 0.1) is 29.2 Å². The van der Waals surface area contributed by atoms with Gasteiger partial charge in [-0.2, -0.15) is 5.26 Å². The molecule has 1 saturated carbocycles. The summed E-state index contributed by atoms with van der Waals surface area (Å²) in [5, 5.41) is 12.5. The second kappa shape index (κ2) is 7.96. The van der Waals surface area contributed by atoms with E-state index < -0.39 is 5.41 Å². The molecule has 1 aromatic carbocycles. The highest BCUT2D eigenvalue weighted by atomic mass is 16.1. The summed E-state index contributed by atoms with van der Waals surface area (Å²) in [5.74, 6) is -0.0310. The number of aromatic nitrogens is 2. The van der Waals surface area contributed by atoms with Crippen molar-refractivity contribution in [1.29, 1.82) is 5.26 Å². The van der Waals surface area contributed by atoms with Gasteiger partial charge in [-0.3, -0.25) is 14.6 Å². The Morgan fingerprint density at radius 1 is 1.20 bits per heavy atom. The summed E-state index contributed by atoms with van der Waals surface area (Å²) >= 11 is 0. The van der Waals surface area contributed by atoms with E-state index in [9.17, 15) is 14.9 Å². The van der Waals surface area contributed by atoms with Crippen molar-refractivity contribution in [2.24, 2.45) is 0 Å². The maximum Gasteiger partial charge on any atom is 0.257 e. The molecule has 0 radical (unpaired) electrons. The molecule has 4 rings (SSSR count). The Morgan fingerprint density at radius 2 is 2.00 bits per heavy atom. The molecule has 0 saturated heterocycles. The SMILES string of the molecule is Cc1cccc(-n2ccc(C(=O)Nc3ccc(C4(C#N)CCC(=O)CC4)nc3)c2)c1. The number of hydrogen-bond acceptors (Lipinski definition) is 4. The summed E-state index contributed by atoms with van der Waals surface area (Å²) in [7, 11) is 0. The highest BCUT2D eigenvalue weighted by Crippen LogP contribution is 2.37. The molecule has 1 N–H and O–H groups in total. The summed E-state index contributed by atoms with van der Waals surface area (Å²) in [5.41, 5.74) is 3.18. The van der Waals surface area contributed by atoms with Gasteiger partial charge >= 0.3 is 0 Å². The minimum Gasteiger partial charge on any atom is -0.323 e. The van der Waals surface area contributed by atoms with E-state index in [1.54, 1.807) is 30.6 Å². The third kappa shape index (κ3) is 3.87. The van der Waals surface area contributed by atoms with Gasteiger partial charge in [-0.25, -0.2) is 0 Å². The average Bonchev–Trinajstić information content (AvgIpc) is 3.26. The molecule has 30 heavy (non-hydrogen) atoms. The van der Waals surface area contributed by atoms with Gasteiger partial charge in [-0.1, -0.05) is 12.1 Å². The standard InChI is InChI=1S/C24H22N4O2/c1-17-3-2-4-20(13-17)28-12-9-18(15-28)23(30)27-19-5-6-22(26-14-19)24(16-25)10-7-21(29)8-11-24/h2-6,9,12-15H,7-8,10-11H2,1H3,(H,27,30). The molecule has 1 fully saturated rings. The number of amides is 1. The van der Waals surface area contributed by atoms with Crippen LogP contribution in [0.4, 0.5) is 5.69 Å². The van der Waals surface area contributed by atoms with Crippen LogP contribution < -0.4 is 5.32 Å². The van der Waals surface area contributed by atoms with E-state index in [4.69, 9.17) is 0 Å². The van der Waals surface area contributed by atoms with Crippen LogP contribution in [-0.2, 0) is 10.2 Å². The second-order valence-corrected chi connectivity index (χ2v) is 7.77. The summed E-state index contributed by atoms with van der Waals surface area (Å²) < 4.78 is 1.91. The van der Waals surface area contributed by atoms with E-state index in [0.29, 0.717) is 42.6 Å². The number of pyridine rings is 1. The maximum absolute atomic E-state index is 12.6. The van der Waals surface area contributed by atoms with Crippen LogP contribution in [0.25, 0.3) is 5.69 Å². The van der Waals surface area contributed by atoms with Crippen LogP contribution in [0, 0.1) is 18.3 Å². The number of carbonyl (C=O) groups is 2. The summed E-state index contributed by atoms with van der Waals surface area (Å²) in [6.07, 6.45) is 7.01. The van der Waals surface area contributed by atoms with E-state index in [2.05, 4.69) is 16.4 Å². The zero-order valence-corrected chi connectivity index (χ0v) is 16.8. The number of hydrogen-bond donors (Lipinski definition) is 1. The van der Waals surface area contributed by atoms with Crippen molar-refractivity contribution in [2.45, 2.75) is 38.0 Å². The van der Waals surface area contributed by atoms with Crippen LogP contribution in [0.15, 0.2) is 61.1 Å². The molecule has 0 unspecified atom stereocenters. The van der Waals surface area contributed by atoms with Crippen molar-refractivity contribution in [3.63, 3.8) is 0 Å². The second-order valence-electron chi connectivity index (χ2n) is 7.77. The molecule has 2 heterocycles. The maximum atomic E-state index is 12.6. The van der Waals surface area contributed by atoms with Gasteiger partial charge in [0.2, 0.25) is 0 Å². The number of nitrogens with zero attached hydrogens (tertiary/aromatic N) is 3. The van der Waals surface area contributed by atoms with Gasteiger partial charge in [0, 0.05) is 30.9 Å². The van der Waals surface area contributed by atoms with Gasteiger partial charge in [-0.05, 0) is 55.7 Å². The average molecular weight is 398 g/mol. The lowest BCUT2D eigenvalue weighted by molar-refractivity contribution is -0.121. The molecule has 3 aromatic rings. The van der Waals surface area contributed by atoms with E-state index in [1.807, 2.05) is 42.0 Å². The number of benzene rings is 1. The zero-order valence-electron chi connectivity index (χ0n) is 16.8. The molecule has 0 bridgehead atoms. The number of rotatable bonds is 4. The van der Waals surface area contributed by atoms with E-state index >= 15 is 0 Å². The number of nitriles is 1. The predicted octanol–water partition coefficient (Wildman–Crippen LogP) is 4.34. The molecular weight excluding hydrogens is 376 g/mol. The van der Waals surface area contributed by atoms with Crippen molar-refractivity contribution >= 4 is 17.4 Å². The van der Waals surface area contributed by atoms with E-state index in [0.717, 1.165) is 11.3 Å². The highest BCUT2D eigenvalue weighted by Gasteiger charge is 2.37. The fraction of sp³-hybridized carbons (Fsp3) is 0.250. The Morgan fingerprint density at radius 3 is 2.67 bits per heavy atom. The van der Waals surface area contributed by atoms with Gasteiger partial charge in [0.25, 0.3) is 5.91 Å². The van der Waals surface area contributed by atoms with Crippen molar-refractivity contribution < 1.29 is 9.59 Å². The van der Waals surface area contributed by atoms with Crippen LogP contribution in [-0.4, -0.2) is 21.2 Å². The van der Waals surface area contributed by atoms with Gasteiger partial charge in [-0.15, -0.1) is 0 Å². The molecule has 1 aliphatic rings. The number of ketones is 1. The van der Waals surface area contributed by atoms with Crippen LogP contribution in [0.3, 0.4) is 0 Å².